The van der Waals surface area contributed by atoms with Gasteiger partial charge in [-0.25, -0.2) is 0 Å². The van der Waals surface area contributed by atoms with E-state index in [2.05, 4.69) is 15.8 Å². The minimum atomic E-state index is -0.397. The molecule has 0 saturated carbocycles. The standard InChI is InChI=1S/C20H19N3O4/c1-13-18(12-26-17-6-4-3-5-7-17)19(23-27-13)20(25)22-16-10-8-15(9-11-16)21-14(2)24/h3-11H,12H2,1-2H3,(H,21,24)(H,22,25). The molecule has 0 saturated heterocycles. The molecule has 7 nitrogen and oxygen atoms in total. The zero-order valence-electron chi connectivity index (χ0n) is 15.0. The average Bonchev–Trinajstić information content (AvgIpc) is 3.03. The van der Waals surface area contributed by atoms with Crippen molar-refractivity contribution in [3.05, 3.63) is 71.6 Å². The number of nitrogens with one attached hydrogen (secondary N) is 2. The molecule has 7 heteroatoms. The molecule has 1 aromatic heterocycles. The fraction of sp³-hybridized carbons (Fsp3) is 0.150. The summed E-state index contributed by atoms with van der Waals surface area (Å²) < 4.78 is 10.9. The van der Waals surface area contributed by atoms with Crippen molar-refractivity contribution in [2.24, 2.45) is 0 Å². The van der Waals surface area contributed by atoms with E-state index in [1.54, 1.807) is 31.2 Å². The molecule has 0 aliphatic carbocycles. The monoisotopic (exact) mass is 365 g/mol. The Labute approximate surface area is 156 Å². The summed E-state index contributed by atoms with van der Waals surface area (Å²) in [5.74, 6) is 0.661. The molecule has 3 aromatic rings. The van der Waals surface area contributed by atoms with Gasteiger partial charge in [-0.3, -0.25) is 9.59 Å². The van der Waals surface area contributed by atoms with Crippen molar-refractivity contribution in [1.29, 1.82) is 0 Å². The summed E-state index contributed by atoms with van der Waals surface area (Å²) in [6, 6.07) is 16.1. The lowest BCUT2D eigenvalue weighted by Crippen LogP contribution is -2.15. The number of hydrogen-bond donors (Lipinski definition) is 2. The molecule has 0 atom stereocenters. The van der Waals surface area contributed by atoms with Crippen LogP contribution in [0.5, 0.6) is 5.75 Å². The second-order valence-corrected chi connectivity index (χ2v) is 5.88. The zero-order chi connectivity index (χ0) is 19.2. The van der Waals surface area contributed by atoms with Crippen molar-refractivity contribution in [2.75, 3.05) is 10.6 Å². The number of aromatic nitrogens is 1. The highest BCUT2D eigenvalue weighted by Crippen LogP contribution is 2.20. The molecule has 1 heterocycles. The smallest absolute Gasteiger partial charge is 0.278 e. The first-order valence-corrected chi connectivity index (χ1v) is 8.35. The molecule has 27 heavy (non-hydrogen) atoms. The maximum absolute atomic E-state index is 12.6. The number of para-hydroxylation sites is 1. The Morgan fingerprint density at radius 3 is 2.26 bits per heavy atom. The van der Waals surface area contributed by atoms with Crippen LogP contribution in [-0.2, 0) is 11.4 Å². The SMILES string of the molecule is CC(=O)Nc1ccc(NC(=O)c2noc(C)c2COc2ccccc2)cc1. The normalized spacial score (nSPS) is 10.3. The Balaban J connectivity index is 1.69. The molecule has 3 rings (SSSR count). The lowest BCUT2D eigenvalue weighted by Gasteiger charge is -2.08. The van der Waals surface area contributed by atoms with Gasteiger partial charge in [0.2, 0.25) is 5.91 Å². The molecule has 0 bridgehead atoms. The first-order chi connectivity index (χ1) is 13.0. The first-order valence-electron chi connectivity index (χ1n) is 8.35. The third-order valence-corrected chi connectivity index (χ3v) is 3.79. The van der Waals surface area contributed by atoms with Crippen LogP contribution < -0.4 is 15.4 Å². The molecule has 2 amide bonds. The number of benzene rings is 2. The highest BCUT2D eigenvalue weighted by Gasteiger charge is 2.20. The van der Waals surface area contributed by atoms with Crippen LogP contribution in [-0.4, -0.2) is 17.0 Å². The molecule has 0 aliphatic heterocycles. The van der Waals surface area contributed by atoms with Crippen molar-refractivity contribution in [3.8, 4) is 5.75 Å². The number of carbonyl (C=O) groups is 2. The van der Waals surface area contributed by atoms with Crippen LogP contribution in [0.1, 0.15) is 28.7 Å². The number of ether oxygens (including phenoxy) is 1. The fourth-order valence-electron chi connectivity index (χ4n) is 2.44. The van der Waals surface area contributed by atoms with Crippen molar-refractivity contribution in [3.63, 3.8) is 0 Å². The van der Waals surface area contributed by atoms with Crippen molar-refractivity contribution >= 4 is 23.2 Å². The van der Waals surface area contributed by atoms with E-state index in [0.717, 1.165) is 0 Å². The number of amides is 2. The topological polar surface area (TPSA) is 93.5 Å². The predicted molar refractivity (Wildman–Crippen MR) is 101 cm³/mol. The molecule has 138 valence electrons. The number of nitrogens with zero attached hydrogens (tertiary/aromatic N) is 1. The van der Waals surface area contributed by atoms with Crippen LogP contribution in [0, 0.1) is 6.92 Å². The Morgan fingerprint density at radius 2 is 1.63 bits per heavy atom. The molecule has 0 unspecified atom stereocenters. The maximum atomic E-state index is 12.6. The van der Waals surface area contributed by atoms with Gasteiger partial charge in [0, 0.05) is 18.3 Å². The quantitative estimate of drug-likeness (QED) is 0.693. The Bertz CT molecular complexity index is 934. The van der Waals surface area contributed by atoms with E-state index in [1.165, 1.54) is 6.92 Å². The summed E-state index contributed by atoms with van der Waals surface area (Å²) >= 11 is 0. The molecule has 0 radical (unpaired) electrons. The van der Waals surface area contributed by atoms with E-state index in [1.807, 2.05) is 30.3 Å². The lowest BCUT2D eigenvalue weighted by atomic mass is 10.2. The van der Waals surface area contributed by atoms with Gasteiger partial charge in [0.05, 0.1) is 5.56 Å². The summed E-state index contributed by atoms with van der Waals surface area (Å²) in [4.78, 5) is 23.6. The van der Waals surface area contributed by atoms with Gasteiger partial charge >= 0.3 is 0 Å². The molecule has 0 fully saturated rings. The van der Waals surface area contributed by atoms with Crippen molar-refractivity contribution in [1.82, 2.24) is 5.16 Å². The summed E-state index contributed by atoms with van der Waals surface area (Å²) in [6.07, 6.45) is 0. The second kappa shape index (κ2) is 8.18. The fourth-order valence-corrected chi connectivity index (χ4v) is 2.44. The number of anilines is 2. The Kier molecular flexibility index (Phi) is 5.51. The van der Waals surface area contributed by atoms with E-state index in [-0.39, 0.29) is 18.2 Å². The van der Waals surface area contributed by atoms with Crippen molar-refractivity contribution in [2.45, 2.75) is 20.5 Å². The highest BCUT2D eigenvalue weighted by atomic mass is 16.5. The zero-order valence-corrected chi connectivity index (χ0v) is 15.0. The van der Waals surface area contributed by atoms with E-state index < -0.39 is 5.91 Å². The van der Waals surface area contributed by atoms with E-state index in [0.29, 0.717) is 28.4 Å². The average molecular weight is 365 g/mol. The largest absolute Gasteiger partial charge is 0.489 e. The molecule has 2 N–H and O–H groups in total. The van der Waals surface area contributed by atoms with Gasteiger partial charge in [0.1, 0.15) is 18.1 Å². The van der Waals surface area contributed by atoms with Gasteiger partial charge in [-0.2, -0.15) is 0 Å². The number of rotatable bonds is 6. The third kappa shape index (κ3) is 4.72. The molecular formula is C20H19N3O4. The summed E-state index contributed by atoms with van der Waals surface area (Å²) in [6.45, 7) is 3.33. The lowest BCUT2D eigenvalue weighted by molar-refractivity contribution is -0.114. The van der Waals surface area contributed by atoms with Crippen LogP contribution in [0.15, 0.2) is 59.1 Å². The van der Waals surface area contributed by atoms with Crippen LogP contribution >= 0.6 is 0 Å². The summed E-state index contributed by atoms with van der Waals surface area (Å²) in [5.41, 5.74) is 1.99. The second-order valence-electron chi connectivity index (χ2n) is 5.88. The molecular weight excluding hydrogens is 346 g/mol. The van der Waals surface area contributed by atoms with Gasteiger partial charge < -0.3 is 19.9 Å². The minimum absolute atomic E-state index is 0.159. The van der Waals surface area contributed by atoms with Gasteiger partial charge in [0.15, 0.2) is 5.69 Å². The number of carbonyl (C=O) groups excluding carboxylic acids is 2. The van der Waals surface area contributed by atoms with E-state index >= 15 is 0 Å². The Morgan fingerprint density at radius 1 is 1.00 bits per heavy atom. The molecule has 0 spiro atoms. The summed E-state index contributed by atoms with van der Waals surface area (Å²) in [7, 11) is 0. The van der Waals surface area contributed by atoms with Crippen LogP contribution in [0.4, 0.5) is 11.4 Å². The third-order valence-electron chi connectivity index (χ3n) is 3.79. The maximum Gasteiger partial charge on any atom is 0.278 e. The van der Waals surface area contributed by atoms with Crippen LogP contribution in [0.25, 0.3) is 0 Å². The Hall–Kier alpha value is -3.61. The molecule has 2 aromatic carbocycles. The van der Waals surface area contributed by atoms with E-state index in [4.69, 9.17) is 9.26 Å². The van der Waals surface area contributed by atoms with Crippen molar-refractivity contribution < 1.29 is 18.8 Å². The number of hydrogen-bond acceptors (Lipinski definition) is 5. The highest BCUT2D eigenvalue weighted by molar-refractivity contribution is 6.04. The first kappa shape index (κ1) is 18.2. The number of aryl methyl sites for hydroxylation is 1. The van der Waals surface area contributed by atoms with Gasteiger partial charge in [-0.15, -0.1) is 0 Å². The molecule has 0 aliphatic rings. The predicted octanol–water partition coefficient (Wildman–Crippen LogP) is 3.77. The van der Waals surface area contributed by atoms with Gasteiger partial charge in [-0.1, -0.05) is 23.4 Å². The summed E-state index contributed by atoms with van der Waals surface area (Å²) in [5, 5.41) is 9.28. The van der Waals surface area contributed by atoms with Gasteiger partial charge in [0.25, 0.3) is 5.91 Å². The minimum Gasteiger partial charge on any atom is -0.489 e. The van der Waals surface area contributed by atoms with Crippen LogP contribution in [0.2, 0.25) is 0 Å². The van der Waals surface area contributed by atoms with Crippen LogP contribution in [0.3, 0.4) is 0 Å². The van der Waals surface area contributed by atoms with E-state index in [9.17, 15) is 9.59 Å². The van der Waals surface area contributed by atoms with Gasteiger partial charge in [-0.05, 0) is 43.3 Å².